The lowest BCUT2D eigenvalue weighted by Gasteiger charge is -2.14. The summed E-state index contributed by atoms with van der Waals surface area (Å²) in [6.07, 6.45) is 7.60. The van der Waals surface area contributed by atoms with Crippen molar-refractivity contribution >= 4 is 5.78 Å². The molecule has 1 aliphatic rings. The minimum absolute atomic E-state index is 0.0288. The van der Waals surface area contributed by atoms with Crippen LogP contribution in [-0.2, 0) is 4.79 Å². The van der Waals surface area contributed by atoms with Gasteiger partial charge in [0.05, 0.1) is 6.07 Å². The van der Waals surface area contributed by atoms with E-state index in [9.17, 15) is 4.79 Å². The molecule has 0 saturated carbocycles. The lowest BCUT2D eigenvalue weighted by molar-refractivity contribution is -0.113. The summed E-state index contributed by atoms with van der Waals surface area (Å²) in [7, 11) is 0. The van der Waals surface area contributed by atoms with Crippen molar-refractivity contribution in [3.8, 4) is 6.07 Å². The second kappa shape index (κ2) is 6.20. The van der Waals surface area contributed by atoms with Gasteiger partial charge in [-0.1, -0.05) is 23.3 Å². The highest BCUT2D eigenvalue weighted by Crippen LogP contribution is 2.27. The van der Waals surface area contributed by atoms with Crippen LogP contribution in [0.1, 0.15) is 46.5 Å². The van der Waals surface area contributed by atoms with Crippen LogP contribution in [0.5, 0.6) is 0 Å². The van der Waals surface area contributed by atoms with Gasteiger partial charge in [0.25, 0.3) is 0 Å². The third kappa shape index (κ3) is 4.03. The number of Topliss-reactive ketones (excluding diaryl/α,β-unsaturated/α-hetero) is 1. The van der Waals surface area contributed by atoms with Crippen LogP contribution in [0.4, 0.5) is 0 Å². The van der Waals surface area contributed by atoms with E-state index in [1.54, 1.807) is 0 Å². The van der Waals surface area contributed by atoms with Gasteiger partial charge in [0.1, 0.15) is 0 Å². The van der Waals surface area contributed by atoms with Crippen molar-refractivity contribution < 1.29 is 4.79 Å². The van der Waals surface area contributed by atoms with Crippen molar-refractivity contribution in [3.05, 3.63) is 34.4 Å². The number of carbonyl (C=O) groups is 1. The van der Waals surface area contributed by atoms with E-state index >= 15 is 0 Å². The van der Waals surface area contributed by atoms with E-state index < -0.39 is 0 Å². The van der Waals surface area contributed by atoms with Crippen LogP contribution >= 0.6 is 0 Å². The van der Waals surface area contributed by atoms with Crippen LogP contribution in [0.2, 0.25) is 0 Å². The van der Waals surface area contributed by atoms with E-state index in [4.69, 9.17) is 5.26 Å². The predicted molar refractivity (Wildman–Crippen MR) is 69.3 cm³/mol. The zero-order chi connectivity index (χ0) is 12.8. The van der Waals surface area contributed by atoms with Gasteiger partial charge in [-0.15, -0.1) is 0 Å². The predicted octanol–water partition coefficient (Wildman–Crippen LogP) is 3.86. The maximum Gasteiger partial charge on any atom is 0.157 e. The summed E-state index contributed by atoms with van der Waals surface area (Å²) in [6, 6.07) is 2.17. The number of ketones is 1. The molecule has 0 atom stereocenters. The molecule has 1 aliphatic carbocycles. The molecule has 1 rings (SSSR count). The van der Waals surface area contributed by atoms with Crippen LogP contribution < -0.4 is 0 Å². The molecular weight excluding hydrogens is 210 g/mol. The quantitative estimate of drug-likeness (QED) is 0.687. The van der Waals surface area contributed by atoms with Crippen molar-refractivity contribution in [2.75, 3.05) is 0 Å². The first-order valence-electron chi connectivity index (χ1n) is 5.99. The fourth-order valence-corrected chi connectivity index (χ4v) is 1.98. The molecule has 0 spiro atoms. The smallest absolute Gasteiger partial charge is 0.157 e. The van der Waals surface area contributed by atoms with Crippen LogP contribution in [0.3, 0.4) is 0 Å². The van der Waals surface area contributed by atoms with Crippen LogP contribution in [0.25, 0.3) is 0 Å². The minimum Gasteiger partial charge on any atom is -0.295 e. The summed E-state index contributed by atoms with van der Waals surface area (Å²) in [5.41, 5.74) is 3.96. The summed E-state index contributed by atoms with van der Waals surface area (Å²) in [4.78, 5) is 11.3. The average Bonchev–Trinajstić information content (AvgIpc) is 2.28. The molecule has 0 aromatic carbocycles. The Hall–Kier alpha value is -1.62. The molecule has 0 amide bonds. The molecule has 17 heavy (non-hydrogen) atoms. The average molecular weight is 229 g/mol. The number of hydrogen-bond donors (Lipinski definition) is 0. The Balaban J connectivity index is 2.64. The largest absolute Gasteiger partial charge is 0.295 e. The molecule has 0 heterocycles. The molecule has 0 bridgehead atoms. The number of rotatable bonds is 4. The van der Waals surface area contributed by atoms with Gasteiger partial charge >= 0.3 is 0 Å². The fourth-order valence-electron chi connectivity index (χ4n) is 1.98. The topological polar surface area (TPSA) is 40.9 Å². The second-order valence-corrected chi connectivity index (χ2v) is 4.69. The first-order chi connectivity index (χ1) is 8.04. The van der Waals surface area contributed by atoms with Gasteiger partial charge in [0.15, 0.2) is 5.78 Å². The molecule has 0 unspecified atom stereocenters. The molecule has 2 nitrogen and oxygen atoms in total. The van der Waals surface area contributed by atoms with E-state index in [0.29, 0.717) is 24.0 Å². The molecule has 2 heteroatoms. The summed E-state index contributed by atoms with van der Waals surface area (Å²) >= 11 is 0. The molecule has 90 valence electrons. The lowest BCUT2D eigenvalue weighted by atomic mass is 9.88. The maximum atomic E-state index is 11.3. The van der Waals surface area contributed by atoms with Gasteiger partial charge in [-0.3, -0.25) is 4.79 Å². The zero-order valence-electron chi connectivity index (χ0n) is 10.8. The number of nitrogens with zero attached hydrogens (tertiary/aromatic N) is 1. The standard InChI is InChI=1S/C15H19NO/c1-11(2)5-4-6-13-7-8-15(12(3)17)14(9-13)10-16/h5,7H,4,6,8-9H2,1-3H3. The third-order valence-electron chi connectivity index (χ3n) is 2.94. The molecular formula is C15H19NO. The van der Waals surface area contributed by atoms with E-state index in [0.717, 1.165) is 12.8 Å². The van der Waals surface area contributed by atoms with Crippen molar-refractivity contribution in [1.29, 1.82) is 5.26 Å². The Kier molecular flexibility index (Phi) is 4.90. The molecule has 0 N–H and O–H groups in total. The summed E-state index contributed by atoms with van der Waals surface area (Å²) in [6.45, 7) is 5.71. The number of allylic oxidation sites excluding steroid dienone is 6. The Morgan fingerprint density at radius 1 is 1.47 bits per heavy atom. The molecule has 0 saturated heterocycles. The number of hydrogen-bond acceptors (Lipinski definition) is 2. The van der Waals surface area contributed by atoms with Crippen molar-refractivity contribution in [1.82, 2.24) is 0 Å². The van der Waals surface area contributed by atoms with E-state index in [1.165, 1.54) is 18.1 Å². The van der Waals surface area contributed by atoms with Gasteiger partial charge < -0.3 is 0 Å². The first kappa shape index (κ1) is 13.4. The summed E-state index contributed by atoms with van der Waals surface area (Å²) < 4.78 is 0. The van der Waals surface area contributed by atoms with Crippen LogP contribution in [0, 0.1) is 11.3 Å². The maximum absolute atomic E-state index is 11.3. The Morgan fingerprint density at radius 2 is 2.18 bits per heavy atom. The lowest BCUT2D eigenvalue weighted by Crippen LogP contribution is -2.06. The van der Waals surface area contributed by atoms with Crippen molar-refractivity contribution in [2.24, 2.45) is 0 Å². The second-order valence-electron chi connectivity index (χ2n) is 4.69. The highest BCUT2D eigenvalue weighted by molar-refractivity contribution is 5.95. The summed E-state index contributed by atoms with van der Waals surface area (Å²) in [5, 5.41) is 9.04. The highest BCUT2D eigenvalue weighted by atomic mass is 16.1. The Morgan fingerprint density at radius 3 is 2.71 bits per heavy atom. The normalized spacial score (nSPS) is 15.1. The van der Waals surface area contributed by atoms with Gasteiger partial charge in [-0.2, -0.15) is 5.26 Å². The third-order valence-corrected chi connectivity index (χ3v) is 2.94. The van der Waals surface area contributed by atoms with Crippen molar-refractivity contribution in [2.45, 2.75) is 46.5 Å². The molecule has 0 aromatic heterocycles. The number of nitriles is 1. The molecule has 0 aromatic rings. The summed E-state index contributed by atoms with van der Waals surface area (Å²) in [5.74, 6) is 0.0288. The Bertz CT molecular complexity index is 440. The van der Waals surface area contributed by atoms with Gasteiger partial charge in [0, 0.05) is 17.6 Å². The monoisotopic (exact) mass is 229 g/mol. The van der Waals surface area contributed by atoms with Crippen LogP contribution in [-0.4, -0.2) is 5.78 Å². The molecule has 0 fully saturated rings. The fraction of sp³-hybridized carbons (Fsp3) is 0.467. The first-order valence-corrected chi connectivity index (χ1v) is 5.99. The zero-order valence-corrected chi connectivity index (χ0v) is 10.8. The Labute approximate surface area is 103 Å². The van der Waals surface area contributed by atoms with Gasteiger partial charge in [0.2, 0.25) is 0 Å². The molecule has 0 aliphatic heterocycles. The van der Waals surface area contributed by atoms with E-state index in [2.05, 4.69) is 32.1 Å². The van der Waals surface area contributed by atoms with Gasteiger partial charge in [-0.25, -0.2) is 0 Å². The number of carbonyl (C=O) groups excluding carboxylic acids is 1. The van der Waals surface area contributed by atoms with Crippen LogP contribution in [0.15, 0.2) is 34.4 Å². The van der Waals surface area contributed by atoms with E-state index in [1.807, 2.05) is 0 Å². The van der Waals surface area contributed by atoms with E-state index in [-0.39, 0.29) is 5.78 Å². The molecule has 0 radical (unpaired) electrons. The van der Waals surface area contributed by atoms with Crippen molar-refractivity contribution in [3.63, 3.8) is 0 Å². The van der Waals surface area contributed by atoms with Gasteiger partial charge in [-0.05, 0) is 40.0 Å². The SMILES string of the molecule is CC(=O)C1=C(C#N)CC(CCC=C(C)C)=CC1. The highest BCUT2D eigenvalue weighted by Gasteiger charge is 2.16. The minimum atomic E-state index is 0.0288.